The molecular formula is C10H11F2NO. The molecule has 0 aliphatic carbocycles. The molecule has 0 spiro atoms. The largest absolute Gasteiger partial charge is 0.370 e. The molecule has 0 aromatic heterocycles. The first-order valence-electron chi connectivity index (χ1n) is 4.32. The van der Waals surface area contributed by atoms with Gasteiger partial charge in [-0.05, 0) is 30.5 Å². The fourth-order valence-electron chi connectivity index (χ4n) is 1.16. The van der Waals surface area contributed by atoms with Crippen LogP contribution in [-0.4, -0.2) is 5.91 Å². The normalized spacial score (nSPS) is 10.1. The monoisotopic (exact) mass is 199 g/mol. The molecule has 76 valence electrons. The molecule has 14 heavy (non-hydrogen) atoms. The first-order valence-corrected chi connectivity index (χ1v) is 4.32. The number of aryl methyl sites for hydroxylation is 1. The van der Waals surface area contributed by atoms with Gasteiger partial charge in [0.1, 0.15) is 0 Å². The fraction of sp³-hybridized carbons (Fsp3) is 0.300. The molecule has 1 rings (SSSR count). The molecule has 1 aromatic rings. The van der Waals surface area contributed by atoms with Crippen molar-refractivity contribution in [1.29, 1.82) is 0 Å². The highest BCUT2D eigenvalue weighted by molar-refractivity contribution is 5.73. The molecule has 0 unspecified atom stereocenters. The van der Waals surface area contributed by atoms with Gasteiger partial charge < -0.3 is 5.73 Å². The third-order valence-corrected chi connectivity index (χ3v) is 1.87. The van der Waals surface area contributed by atoms with Crippen LogP contribution in [0, 0.1) is 11.6 Å². The van der Waals surface area contributed by atoms with Crippen molar-refractivity contribution < 1.29 is 13.6 Å². The second kappa shape index (κ2) is 4.69. The number of hydrogen-bond acceptors (Lipinski definition) is 1. The predicted octanol–water partition coefficient (Wildman–Crippen LogP) is 1.77. The number of benzene rings is 1. The summed E-state index contributed by atoms with van der Waals surface area (Å²) >= 11 is 0. The lowest BCUT2D eigenvalue weighted by Crippen LogP contribution is -2.10. The lowest BCUT2D eigenvalue weighted by Gasteiger charge is -2.00. The number of carbonyl (C=O) groups is 1. The van der Waals surface area contributed by atoms with Crippen molar-refractivity contribution >= 4 is 5.91 Å². The standard InChI is InChI=1S/C10H11F2NO/c11-8-5-4-7(6-9(8)12)2-1-3-10(13)14/h4-6H,1-3H2,(H2,13,14). The quantitative estimate of drug-likeness (QED) is 0.789. The first-order chi connectivity index (χ1) is 6.59. The molecular weight excluding hydrogens is 188 g/mol. The molecule has 0 aliphatic heterocycles. The molecule has 2 nitrogen and oxygen atoms in total. The maximum atomic E-state index is 12.7. The summed E-state index contributed by atoms with van der Waals surface area (Å²) in [5, 5.41) is 0. The minimum absolute atomic E-state index is 0.263. The zero-order chi connectivity index (χ0) is 10.6. The van der Waals surface area contributed by atoms with Gasteiger partial charge in [-0.15, -0.1) is 0 Å². The van der Waals surface area contributed by atoms with Crippen molar-refractivity contribution in [2.75, 3.05) is 0 Å². The fourth-order valence-corrected chi connectivity index (χ4v) is 1.16. The van der Waals surface area contributed by atoms with Crippen LogP contribution in [-0.2, 0) is 11.2 Å². The van der Waals surface area contributed by atoms with Gasteiger partial charge in [0, 0.05) is 6.42 Å². The highest BCUT2D eigenvalue weighted by Gasteiger charge is 2.02. The highest BCUT2D eigenvalue weighted by atomic mass is 19.2. The van der Waals surface area contributed by atoms with Gasteiger partial charge in [-0.3, -0.25) is 4.79 Å². The molecule has 0 heterocycles. The zero-order valence-corrected chi connectivity index (χ0v) is 7.59. The van der Waals surface area contributed by atoms with Crippen LogP contribution in [0.25, 0.3) is 0 Å². The Morgan fingerprint density at radius 3 is 2.57 bits per heavy atom. The Morgan fingerprint density at radius 1 is 1.29 bits per heavy atom. The molecule has 0 bridgehead atoms. The third kappa shape index (κ3) is 3.12. The van der Waals surface area contributed by atoms with Crippen LogP contribution in [0.5, 0.6) is 0 Å². The highest BCUT2D eigenvalue weighted by Crippen LogP contribution is 2.10. The summed E-state index contributed by atoms with van der Waals surface area (Å²) in [6.07, 6.45) is 1.35. The Morgan fingerprint density at radius 2 is 2.00 bits per heavy atom. The van der Waals surface area contributed by atoms with Crippen LogP contribution >= 0.6 is 0 Å². The molecule has 0 atom stereocenters. The Bertz CT molecular complexity index is 339. The maximum absolute atomic E-state index is 12.7. The lowest BCUT2D eigenvalue weighted by atomic mass is 10.1. The van der Waals surface area contributed by atoms with Gasteiger partial charge in [-0.25, -0.2) is 8.78 Å². The van der Waals surface area contributed by atoms with Crippen LogP contribution in [0.4, 0.5) is 8.78 Å². The molecule has 0 fully saturated rings. The van der Waals surface area contributed by atoms with Crippen LogP contribution in [0.3, 0.4) is 0 Å². The van der Waals surface area contributed by atoms with Crippen molar-refractivity contribution in [3.63, 3.8) is 0 Å². The molecule has 0 saturated heterocycles. The molecule has 1 aromatic carbocycles. The SMILES string of the molecule is NC(=O)CCCc1ccc(F)c(F)c1. The second-order valence-corrected chi connectivity index (χ2v) is 3.07. The van der Waals surface area contributed by atoms with Gasteiger partial charge in [0.2, 0.25) is 5.91 Å². The molecule has 0 radical (unpaired) electrons. The average Bonchev–Trinajstić information content (AvgIpc) is 2.10. The van der Waals surface area contributed by atoms with Crippen LogP contribution in [0.1, 0.15) is 18.4 Å². The summed E-state index contributed by atoms with van der Waals surface area (Å²) < 4.78 is 25.2. The number of primary amides is 1. The van der Waals surface area contributed by atoms with Gasteiger partial charge in [0.15, 0.2) is 11.6 Å². The number of nitrogens with two attached hydrogens (primary N) is 1. The van der Waals surface area contributed by atoms with E-state index in [1.807, 2.05) is 0 Å². The van der Waals surface area contributed by atoms with Crippen LogP contribution in [0.2, 0.25) is 0 Å². The number of amides is 1. The smallest absolute Gasteiger partial charge is 0.217 e. The van der Waals surface area contributed by atoms with E-state index in [2.05, 4.69) is 0 Å². The Labute approximate surface area is 80.7 Å². The number of rotatable bonds is 4. The topological polar surface area (TPSA) is 43.1 Å². The third-order valence-electron chi connectivity index (χ3n) is 1.87. The van der Waals surface area contributed by atoms with E-state index in [1.54, 1.807) is 0 Å². The molecule has 4 heteroatoms. The first kappa shape index (κ1) is 10.6. The molecule has 0 saturated carbocycles. The van der Waals surface area contributed by atoms with E-state index in [9.17, 15) is 13.6 Å². The Kier molecular flexibility index (Phi) is 3.56. The minimum atomic E-state index is -0.860. The number of halogens is 2. The van der Waals surface area contributed by atoms with E-state index in [4.69, 9.17) is 5.73 Å². The summed E-state index contributed by atoms with van der Waals surface area (Å²) in [5.41, 5.74) is 5.61. The van der Waals surface area contributed by atoms with Crippen molar-refractivity contribution in [2.24, 2.45) is 5.73 Å². The summed E-state index contributed by atoms with van der Waals surface area (Å²) in [4.78, 5) is 10.4. The predicted molar refractivity (Wildman–Crippen MR) is 48.5 cm³/mol. The number of hydrogen-bond donors (Lipinski definition) is 1. The van der Waals surface area contributed by atoms with E-state index in [-0.39, 0.29) is 12.3 Å². The van der Waals surface area contributed by atoms with Crippen molar-refractivity contribution in [3.8, 4) is 0 Å². The lowest BCUT2D eigenvalue weighted by molar-refractivity contribution is -0.118. The van der Waals surface area contributed by atoms with Crippen LogP contribution < -0.4 is 5.73 Å². The Balaban J connectivity index is 2.51. The van der Waals surface area contributed by atoms with E-state index in [0.717, 1.165) is 12.1 Å². The van der Waals surface area contributed by atoms with E-state index in [1.165, 1.54) is 6.07 Å². The molecule has 0 aliphatic rings. The minimum Gasteiger partial charge on any atom is -0.370 e. The van der Waals surface area contributed by atoms with Gasteiger partial charge in [0.05, 0.1) is 0 Å². The van der Waals surface area contributed by atoms with Crippen molar-refractivity contribution in [3.05, 3.63) is 35.4 Å². The second-order valence-electron chi connectivity index (χ2n) is 3.07. The summed E-state index contributed by atoms with van der Waals surface area (Å²) in [6.45, 7) is 0. The molecule has 1 amide bonds. The van der Waals surface area contributed by atoms with Gasteiger partial charge in [-0.2, -0.15) is 0 Å². The number of carbonyl (C=O) groups excluding carboxylic acids is 1. The van der Waals surface area contributed by atoms with Gasteiger partial charge >= 0.3 is 0 Å². The summed E-state index contributed by atoms with van der Waals surface area (Å²) in [6, 6.07) is 3.71. The van der Waals surface area contributed by atoms with E-state index >= 15 is 0 Å². The van der Waals surface area contributed by atoms with Crippen molar-refractivity contribution in [2.45, 2.75) is 19.3 Å². The van der Waals surface area contributed by atoms with Gasteiger partial charge in [-0.1, -0.05) is 6.07 Å². The van der Waals surface area contributed by atoms with Crippen LogP contribution in [0.15, 0.2) is 18.2 Å². The maximum Gasteiger partial charge on any atom is 0.217 e. The average molecular weight is 199 g/mol. The zero-order valence-electron chi connectivity index (χ0n) is 7.59. The Hall–Kier alpha value is -1.45. The van der Waals surface area contributed by atoms with Crippen molar-refractivity contribution in [1.82, 2.24) is 0 Å². The van der Waals surface area contributed by atoms with E-state index < -0.39 is 11.6 Å². The van der Waals surface area contributed by atoms with Gasteiger partial charge in [0.25, 0.3) is 0 Å². The summed E-state index contributed by atoms with van der Waals surface area (Å²) in [5.74, 6) is -2.10. The van der Waals surface area contributed by atoms with E-state index in [0.29, 0.717) is 18.4 Å². The molecule has 2 N–H and O–H groups in total. The summed E-state index contributed by atoms with van der Waals surface area (Å²) in [7, 11) is 0.